The zero-order valence-corrected chi connectivity index (χ0v) is 47.3. The Balaban J connectivity index is 0.000000285. The van der Waals surface area contributed by atoms with Gasteiger partial charge in [0.25, 0.3) is 0 Å². The first-order valence-corrected chi connectivity index (χ1v) is 26.1. The highest BCUT2D eigenvalue weighted by molar-refractivity contribution is 5.94. The number of fused-ring (bicyclic) bond motifs is 1. The maximum Gasteiger partial charge on any atom is 0.513 e. The van der Waals surface area contributed by atoms with E-state index in [4.69, 9.17) is 61.6 Å². The monoisotopic (exact) mass is 1220 g/mol. The van der Waals surface area contributed by atoms with Crippen molar-refractivity contribution in [2.75, 3.05) is 46.8 Å². The van der Waals surface area contributed by atoms with Gasteiger partial charge in [0, 0.05) is 24.3 Å². The lowest BCUT2D eigenvalue weighted by molar-refractivity contribution is -0.145. The van der Waals surface area contributed by atoms with Gasteiger partial charge in [0.1, 0.15) is 78.2 Å². The smallest absolute Gasteiger partial charge is 0.459 e. The quantitative estimate of drug-likeness (QED) is 0.00837. The van der Waals surface area contributed by atoms with Gasteiger partial charge < -0.3 is 71.1 Å². The molecule has 0 aliphatic rings. The summed E-state index contributed by atoms with van der Waals surface area (Å²) < 4.78 is 76.7. The van der Waals surface area contributed by atoms with Crippen molar-refractivity contribution in [3.05, 3.63) is 225 Å². The summed E-state index contributed by atoms with van der Waals surface area (Å²) in [4.78, 5) is 105. The summed E-state index contributed by atoms with van der Waals surface area (Å²) in [6.45, 7) is 13.5. The maximum atomic E-state index is 12.6. The van der Waals surface area contributed by atoms with Crippen molar-refractivity contribution in [2.45, 2.75) is 6.92 Å². The van der Waals surface area contributed by atoms with Gasteiger partial charge in [0.15, 0.2) is 0 Å². The molecule has 0 N–H and O–H groups in total. The van der Waals surface area contributed by atoms with Gasteiger partial charge in [-0.25, -0.2) is 43.2 Å². The van der Waals surface area contributed by atoms with Crippen molar-refractivity contribution in [1.29, 1.82) is 0 Å². The summed E-state index contributed by atoms with van der Waals surface area (Å²) in [5, 5.41) is 1.73. The Hall–Kier alpha value is -12.2. The van der Waals surface area contributed by atoms with Gasteiger partial charge in [0.2, 0.25) is 20.4 Å². The fourth-order valence-corrected chi connectivity index (χ4v) is 6.78. The molecule has 0 aliphatic carbocycles. The molecule has 7 aromatic rings. The Kier molecular flexibility index (Phi) is 25.6. The molecule has 89 heavy (non-hydrogen) atoms. The molecule has 0 unspecified atom stereocenters. The van der Waals surface area contributed by atoms with Crippen LogP contribution < -0.4 is 42.6 Å². The molecule has 0 aromatic heterocycles. The number of esters is 7. The van der Waals surface area contributed by atoms with Gasteiger partial charge in [0.05, 0.1) is 16.7 Å². The zero-order chi connectivity index (χ0) is 63.9. The van der Waals surface area contributed by atoms with E-state index in [9.17, 15) is 43.2 Å². The van der Waals surface area contributed by atoms with E-state index in [1.807, 2.05) is 18.2 Å². The van der Waals surface area contributed by atoms with Gasteiger partial charge in [-0.05, 0) is 163 Å². The SMILES string of the molecule is C=CC(=O)OCCOC(=O)Oc1ccc(C(=O)Oc2ccc(OC(=O)c3ccc(OC(=O)OCCOC(=O)C=C)cc3)c(C)c2)cc1.C=CC(=O)OCOc1ccc(OCOc2ccc3cc(OC(=O)c4ccc(OCOC(=O)C=C)cc4)ccc3c2)cc1. The largest absolute Gasteiger partial charge is 0.513 e. The predicted octanol–water partition coefficient (Wildman–Crippen LogP) is 10.5. The normalized spacial score (nSPS) is 10.1. The first kappa shape index (κ1) is 65.9. The summed E-state index contributed by atoms with van der Waals surface area (Å²) in [5.41, 5.74) is 1.13. The van der Waals surface area contributed by atoms with Gasteiger partial charge in [-0.3, -0.25) is 0 Å². The number of benzene rings is 7. The van der Waals surface area contributed by atoms with Crippen LogP contribution in [0.1, 0.15) is 36.6 Å². The lowest BCUT2D eigenvalue weighted by Crippen LogP contribution is -2.16. The highest BCUT2D eigenvalue weighted by atomic mass is 16.7. The van der Waals surface area contributed by atoms with E-state index in [-0.39, 0.29) is 80.9 Å². The summed E-state index contributed by atoms with van der Waals surface area (Å²) in [5.74, 6) is -1.34. The average molecular weight is 1220 g/mol. The summed E-state index contributed by atoms with van der Waals surface area (Å²) in [6.07, 6.45) is 1.98. The highest BCUT2D eigenvalue weighted by Crippen LogP contribution is 2.28. The van der Waals surface area contributed by atoms with Crippen molar-refractivity contribution in [1.82, 2.24) is 0 Å². The third kappa shape index (κ3) is 22.7. The molecule has 7 rings (SSSR count). The minimum Gasteiger partial charge on any atom is -0.459 e. The molecule has 0 atom stereocenters. The van der Waals surface area contributed by atoms with Crippen LogP contribution in [0.15, 0.2) is 202 Å². The molecule has 24 heteroatoms. The van der Waals surface area contributed by atoms with Crippen LogP contribution in [0.25, 0.3) is 10.8 Å². The molecule has 458 valence electrons. The van der Waals surface area contributed by atoms with E-state index < -0.39 is 54.1 Å². The molecular formula is C65H54O24. The van der Waals surface area contributed by atoms with E-state index in [2.05, 4.69) is 35.8 Å². The minimum atomic E-state index is -1.03. The van der Waals surface area contributed by atoms with Crippen molar-refractivity contribution in [3.8, 4) is 51.7 Å². The van der Waals surface area contributed by atoms with Gasteiger partial charge in [-0.2, -0.15) is 0 Å². The summed E-state index contributed by atoms with van der Waals surface area (Å²) in [7, 11) is 0. The van der Waals surface area contributed by atoms with Crippen molar-refractivity contribution in [3.63, 3.8) is 0 Å². The van der Waals surface area contributed by atoms with E-state index in [1.54, 1.807) is 73.7 Å². The van der Waals surface area contributed by atoms with Crippen molar-refractivity contribution >= 4 is 64.9 Å². The fraction of sp³-hybridized carbons (Fsp3) is 0.123. The van der Waals surface area contributed by atoms with Crippen LogP contribution in [0, 0.1) is 6.92 Å². The first-order chi connectivity index (χ1) is 43.0. The first-order valence-electron chi connectivity index (χ1n) is 26.1. The van der Waals surface area contributed by atoms with E-state index in [0.29, 0.717) is 39.9 Å². The number of aryl methyl sites for hydroxylation is 1. The molecule has 0 spiro atoms. The molecule has 7 aromatic carbocycles. The Morgan fingerprint density at radius 1 is 0.315 bits per heavy atom. The van der Waals surface area contributed by atoms with Crippen LogP contribution in [0.5, 0.6) is 51.7 Å². The average Bonchev–Trinajstić information content (AvgIpc) is 3.71. The molecule has 0 bridgehead atoms. The lowest BCUT2D eigenvalue weighted by atomic mass is 10.1. The third-order valence-corrected chi connectivity index (χ3v) is 11.1. The van der Waals surface area contributed by atoms with Crippen LogP contribution in [0.2, 0.25) is 0 Å². The number of ether oxygens (including phenoxy) is 15. The fourth-order valence-electron chi connectivity index (χ4n) is 6.78. The standard InChI is InChI=1S/C33H28O14.C32H26O10/c1-4-28(34)40-16-18-42-32(38)45-24-10-6-22(7-11-24)30(36)44-26-14-15-27(21(3)20-26)47-31(37)23-8-12-25(13-9-23)46-33(39)43-19-17-41-29(35)5-2;1-3-30(33)40-20-37-25-9-5-22(6-10-25)32(35)42-29-12-8-23-17-28(11-7-24(23)18-29)39-19-36-26-13-15-27(16-14-26)38-21-41-31(34)4-2/h4-15,20H,1-2,16-19H2,3H3;3-18H,1-2,19-21H2. The summed E-state index contributed by atoms with van der Waals surface area (Å²) >= 11 is 0. The second kappa shape index (κ2) is 34.5. The van der Waals surface area contributed by atoms with Crippen LogP contribution in [-0.4, -0.2) is 101 Å². The molecule has 0 saturated heterocycles. The number of hydrogen-bond acceptors (Lipinski definition) is 24. The Labute approximate surface area is 507 Å². The van der Waals surface area contributed by atoms with Crippen LogP contribution in [0.3, 0.4) is 0 Å². The molecule has 0 fully saturated rings. The van der Waals surface area contributed by atoms with Gasteiger partial charge >= 0.3 is 54.1 Å². The van der Waals surface area contributed by atoms with E-state index in [0.717, 1.165) is 35.1 Å². The second-order valence-electron chi connectivity index (χ2n) is 17.2. The Bertz CT molecular complexity index is 3670. The van der Waals surface area contributed by atoms with Crippen molar-refractivity contribution in [2.24, 2.45) is 0 Å². The van der Waals surface area contributed by atoms with Crippen LogP contribution in [0.4, 0.5) is 9.59 Å². The molecule has 0 heterocycles. The topological polar surface area (TPSA) is 292 Å². The Morgan fingerprint density at radius 2 is 0.629 bits per heavy atom. The number of hydrogen-bond donors (Lipinski definition) is 0. The predicted molar refractivity (Wildman–Crippen MR) is 312 cm³/mol. The zero-order valence-electron chi connectivity index (χ0n) is 47.3. The van der Waals surface area contributed by atoms with Crippen LogP contribution >= 0.6 is 0 Å². The van der Waals surface area contributed by atoms with Crippen LogP contribution in [-0.2, 0) is 47.6 Å². The lowest BCUT2D eigenvalue weighted by Gasteiger charge is -2.11. The number of carbonyl (C=O) groups is 9. The second-order valence-corrected chi connectivity index (χ2v) is 17.2. The van der Waals surface area contributed by atoms with Gasteiger partial charge in [-0.15, -0.1) is 0 Å². The van der Waals surface area contributed by atoms with E-state index in [1.165, 1.54) is 66.7 Å². The van der Waals surface area contributed by atoms with Crippen molar-refractivity contribution < 1.29 is 114 Å². The maximum absolute atomic E-state index is 12.6. The molecule has 24 nitrogen and oxygen atoms in total. The molecule has 0 amide bonds. The molecule has 0 radical (unpaired) electrons. The number of carbonyl (C=O) groups excluding carboxylic acids is 9. The van der Waals surface area contributed by atoms with E-state index >= 15 is 0 Å². The Morgan fingerprint density at radius 3 is 1.06 bits per heavy atom. The molecule has 0 saturated carbocycles. The highest BCUT2D eigenvalue weighted by Gasteiger charge is 2.17. The molecule has 0 aliphatic heterocycles. The minimum absolute atomic E-state index is 0.0256. The number of rotatable bonds is 28. The van der Waals surface area contributed by atoms with Gasteiger partial charge in [-0.1, -0.05) is 38.4 Å². The molecular weight excluding hydrogens is 1160 g/mol. The third-order valence-electron chi connectivity index (χ3n) is 11.1. The summed E-state index contributed by atoms with van der Waals surface area (Å²) in [6, 6.07) is 39.1.